The van der Waals surface area contributed by atoms with E-state index in [0.717, 1.165) is 67.5 Å². The van der Waals surface area contributed by atoms with Gasteiger partial charge in [-0.3, -0.25) is 0 Å². The maximum atomic E-state index is 9.74. The van der Waals surface area contributed by atoms with Crippen molar-refractivity contribution in [2.45, 2.75) is 41.5 Å². The van der Waals surface area contributed by atoms with E-state index >= 15 is 0 Å². The van der Waals surface area contributed by atoms with Gasteiger partial charge in [0.2, 0.25) is 0 Å². The van der Waals surface area contributed by atoms with Gasteiger partial charge in [-0.15, -0.1) is 0 Å². The molecule has 0 spiro atoms. The lowest BCUT2D eigenvalue weighted by Gasteiger charge is -2.45. The topological polar surface area (TPSA) is 9.72 Å². The van der Waals surface area contributed by atoms with Gasteiger partial charge in [-0.05, 0) is 131 Å². The number of aryl methyl sites for hydroxylation is 4. The highest BCUT2D eigenvalue weighted by Gasteiger charge is 2.44. The fraction of sp³-hybridized carbons (Fsp3) is 0.125. The number of hydrogen-bond acceptors (Lipinski definition) is 3. The molecule has 3 nitrogen and oxygen atoms in total. The summed E-state index contributed by atoms with van der Waals surface area (Å²) in [5, 5.41) is 0. The van der Waals surface area contributed by atoms with Gasteiger partial charge >= 0.3 is 0 Å². The first kappa shape index (κ1) is 25.9. The number of benzene rings is 7. The number of nitrogens with zero attached hydrogens (tertiary/aromatic N) is 3. The summed E-state index contributed by atoms with van der Waals surface area (Å²) in [4.78, 5) is 6.27. The summed E-state index contributed by atoms with van der Waals surface area (Å²) in [6, 6.07) is 37.5. The highest BCUT2D eigenvalue weighted by molar-refractivity contribution is 7.00. The summed E-state index contributed by atoms with van der Waals surface area (Å²) in [5.41, 5.74) is 13.6. The third-order valence-electron chi connectivity index (χ3n) is 10.2. The van der Waals surface area contributed by atoms with Crippen LogP contribution in [0.1, 0.15) is 41.6 Å². The van der Waals surface area contributed by atoms with Gasteiger partial charge in [0, 0.05) is 45.5 Å². The number of hydrogen-bond donors (Lipinski definition) is 0. The van der Waals surface area contributed by atoms with Gasteiger partial charge in [0.15, 0.2) is 0 Å². The molecular formula is C48H42BN3. The molecule has 4 heteroatoms. The van der Waals surface area contributed by atoms with Gasteiger partial charge < -0.3 is 14.7 Å². The SMILES string of the molecule is [2H]c1c([2H])c2c(c([2H])c1C)B1c3c(cc(N(c4ccc(C)cc4)c4ccc(C)cc4)cc3N(c3ccc(C)cc3)c3c([2H])c([2H])c(C)c([2H])c31)N2c1ccc(C)cc1. The minimum Gasteiger partial charge on any atom is -0.311 e. The Bertz CT molecular complexity index is 2620. The van der Waals surface area contributed by atoms with Crippen molar-refractivity contribution in [3.05, 3.63) is 179 Å². The van der Waals surface area contributed by atoms with Crippen molar-refractivity contribution in [3.8, 4) is 0 Å². The first-order chi connectivity index (χ1) is 27.8. The Morgan fingerprint density at radius 2 is 0.788 bits per heavy atom. The van der Waals surface area contributed by atoms with Crippen molar-refractivity contribution in [1.82, 2.24) is 0 Å². The van der Waals surface area contributed by atoms with E-state index in [1.54, 1.807) is 13.8 Å². The zero-order valence-electron chi connectivity index (χ0n) is 36.3. The minimum atomic E-state index is -0.744. The summed E-state index contributed by atoms with van der Waals surface area (Å²) in [6.07, 6.45) is 0. The van der Waals surface area contributed by atoms with Crippen LogP contribution in [0.25, 0.3) is 0 Å². The summed E-state index contributed by atoms with van der Waals surface area (Å²) in [6.45, 7) is 10.9. The average molecular weight is 678 g/mol. The quantitative estimate of drug-likeness (QED) is 0.168. The molecule has 0 aliphatic carbocycles. The number of fused-ring (bicyclic) bond motifs is 4. The predicted octanol–water partition coefficient (Wildman–Crippen LogP) is 11.1. The van der Waals surface area contributed by atoms with Crippen LogP contribution in [0.4, 0.5) is 51.2 Å². The van der Waals surface area contributed by atoms with Gasteiger partial charge in [-0.2, -0.15) is 0 Å². The second-order valence-corrected chi connectivity index (χ2v) is 14.2. The van der Waals surface area contributed by atoms with Crippen LogP contribution in [-0.4, -0.2) is 6.71 Å². The summed E-state index contributed by atoms with van der Waals surface area (Å²) >= 11 is 0. The predicted molar refractivity (Wildman–Crippen MR) is 224 cm³/mol. The summed E-state index contributed by atoms with van der Waals surface area (Å²) in [7, 11) is 0. The Hall–Kier alpha value is -6.00. The molecule has 0 saturated carbocycles. The molecule has 0 aromatic heterocycles. The van der Waals surface area contributed by atoms with Gasteiger partial charge in [-0.1, -0.05) is 106 Å². The van der Waals surface area contributed by atoms with E-state index in [0.29, 0.717) is 33.4 Å². The highest BCUT2D eigenvalue weighted by atomic mass is 15.2. The molecule has 0 atom stereocenters. The van der Waals surface area contributed by atoms with Crippen LogP contribution in [0.15, 0.2) is 145 Å². The monoisotopic (exact) mass is 677 g/mol. The molecule has 0 bridgehead atoms. The average Bonchev–Trinajstić information content (AvgIpc) is 3.22. The summed E-state index contributed by atoms with van der Waals surface area (Å²) < 4.78 is 57.1. The molecule has 7 aromatic carbocycles. The molecule has 0 radical (unpaired) electrons. The number of rotatable bonds is 5. The Morgan fingerprint density at radius 3 is 1.17 bits per heavy atom. The van der Waals surface area contributed by atoms with Crippen LogP contribution in [0, 0.1) is 41.5 Å². The van der Waals surface area contributed by atoms with Crippen molar-refractivity contribution in [2.24, 2.45) is 0 Å². The minimum absolute atomic E-state index is 0.00965. The molecule has 0 N–H and O–H groups in total. The molecule has 2 aliphatic rings. The standard InChI is InChI=1S/C48H42BN3/c1-31-7-17-37(18-8-31)50(38-19-9-32(2)10-20-38)41-29-46-48-47(30-41)52(40-23-13-34(4)14-24-40)45-26-16-36(6)28-43(45)49(48)42-27-35(5)15-25-44(42)51(46)39-21-11-33(3)12-22-39/h7-30H,1-6H3/i15D,16D,25D,26D,27D,28D. The molecule has 0 amide bonds. The fourth-order valence-corrected chi connectivity index (χ4v) is 7.63. The van der Waals surface area contributed by atoms with Gasteiger partial charge in [0.25, 0.3) is 6.71 Å². The van der Waals surface area contributed by atoms with Crippen LogP contribution in [0.5, 0.6) is 0 Å². The van der Waals surface area contributed by atoms with Crippen molar-refractivity contribution < 1.29 is 8.22 Å². The molecule has 2 heterocycles. The third-order valence-corrected chi connectivity index (χ3v) is 10.2. The van der Waals surface area contributed by atoms with E-state index < -0.39 is 6.71 Å². The second-order valence-electron chi connectivity index (χ2n) is 14.2. The molecule has 252 valence electrons. The lowest BCUT2D eigenvalue weighted by molar-refractivity contribution is 1.22. The van der Waals surface area contributed by atoms with Crippen molar-refractivity contribution in [1.29, 1.82) is 0 Å². The highest BCUT2D eigenvalue weighted by Crippen LogP contribution is 2.48. The van der Waals surface area contributed by atoms with Crippen LogP contribution < -0.4 is 31.1 Å². The molecule has 0 unspecified atom stereocenters. The Kier molecular flexibility index (Phi) is 6.15. The Morgan fingerprint density at radius 1 is 0.423 bits per heavy atom. The zero-order valence-corrected chi connectivity index (χ0v) is 30.3. The Balaban J connectivity index is 1.50. The molecule has 0 saturated heterocycles. The summed E-state index contributed by atoms with van der Waals surface area (Å²) in [5.74, 6) is 0. The number of anilines is 9. The lowest BCUT2D eigenvalue weighted by Crippen LogP contribution is -2.61. The van der Waals surface area contributed by atoms with Gasteiger partial charge in [0.05, 0.1) is 13.9 Å². The molecular weight excluding hydrogens is 629 g/mol. The lowest BCUT2D eigenvalue weighted by atomic mass is 9.33. The van der Waals surface area contributed by atoms with E-state index in [1.807, 2.05) is 72.2 Å². The largest absolute Gasteiger partial charge is 0.311 e. The van der Waals surface area contributed by atoms with E-state index in [1.165, 1.54) is 0 Å². The van der Waals surface area contributed by atoms with Crippen molar-refractivity contribution >= 4 is 74.3 Å². The second kappa shape index (κ2) is 12.3. The third kappa shape index (κ3) is 5.29. The smallest absolute Gasteiger partial charge is 0.252 e. The molecule has 2 aliphatic heterocycles. The van der Waals surface area contributed by atoms with Crippen molar-refractivity contribution in [2.75, 3.05) is 14.7 Å². The Labute approximate surface area is 316 Å². The van der Waals surface area contributed by atoms with E-state index in [2.05, 4.69) is 79.4 Å². The van der Waals surface area contributed by atoms with Gasteiger partial charge in [0.1, 0.15) is 0 Å². The van der Waals surface area contributed by atoms with Crippen LogP contribution in [0.2, 0.25) is 0 Å². The van der Waals surface area contributed by atoms with Crippen LogP contribution >= 0.6 is 0 Å². The molecule has 7 aromatic rings. The molecule has 52 heavy (non-hydrogen) atoms. The molecule has 9 rings (SSSR count). The van der Waals surface area contributed by atoms with Gasteiger partial charge in [-0.25, -0.2) is 0 Å². The maximum Gasteiger partial charge on any atom is 0.252 e. The fourth-order valence-electron chi connectivity index (χ4n) is 7.63. The van der Waals surface area contributed by atoms with E-state index in [9.17, 15) is 5.48 Å². The molecule has 0 fully saturated rings. The van der Waals surface area contributed by atoms with Crippen LogP contribution in [0.3, 0.4) is 0 Å². The maximum absolute atomic E-state index is 9.74. The first-order valence-electron chi connectivity index (χ1n) is 20.8. The zero-order chi connectivity index (χ0) is 40.9. The van der Waals surface area contributed by atoms with E-state index in [-0.39, 0.29) is 36.3 Å². The normalized spacial score (nSPS) is 14.3. The first-order valence-corrected chi connectivity index (χ1v) is 17.8. The van der Waals surface area contributed by atoms with E-state index in [4.69, 9.17) is 2.74 Å². The van der Waals surface area contributed by atoms with Crippen LogP contribution in [-0.2, 0) is 0 Å². The van der Waals surface area contributed by atoms with Crippen molar-refractivity contribution in [3.63, 3.8) is 0 Å².